The van der Waals surface area contributed by atoms with E-state index in [-0.39, 0.29) is 31.3 Å². The van der Waals surface area contributed by atoms with Gasteiger partial charge in [0.25, 0.3) is 11.7 Å². The van der Waals surface area contributed by atoms with Crippen molar-refractivity contribution in [3.05, 3.63) is 11.7 Å². The van der Waals surface area contributed by atoms with E-state index in [1.807, 2.05) is 0 Å². The molecule has 0 bridgehead atoms. The molecule has 1 fully saturated rings. The lowest BCUT2D eigenvalue weighted by atomic mass is 10.2. The third kappa shape index (κ3) is 5.00. The summed E-state index contributed by atoms with van der Waals surface area (Å²) in [5.41, 5.74) is 0. The number of nitrogens with one attached hydrogen (secondary N) is 2. The highest BCUT2D eigenvalue weighted by Crippen LogP contribution is 2.22. The van der Waals surface area contributed by atoms with E-state index in [0.29, 0.717) is 5.89 Å². The average molecular weight is 306 g/mol. The van der Waals surface area contributed by atoms with Crippen molar-refractivity contribution in [3.63, 3.8) is 0 Å². The maximum atomic E-state index is 11.9. The fourth-order valence-electron chi connectivity index (χ4n) is 2.10. The van der Waals surface area contributed by atoms with Gasteiger partial charge in [-0.05, 0) is 32.2 Å². The van der Waals surface area contributed by atoms with Gasteiger partial charge in [0.15, 0.2) is 0 Å². The van der Waals surface area contributed by atoms with Gasteiger partial charge in [-0.2, -0.15) is 18.2 Å². The van der Waals surface area contributed by atoms with E-state index in [4.69, 9.17) is 4.52 Å². The summed E-state index contributed by atoms with van der Waals surface area (Å²) >= 11 is 0. The largest absolute Gasteiger partial charge is 0.389 e. The molecule has 0 spiro atoms. The molecule has 1 saturated heterocycles. The summed E-state index contributed by atoms with van der Waals surface area (Å²) in [4.78, 5) is 15.7. The first kappa shape index (κ1) is 15.7. The zero-order valence-electron chi connectivity index (χ0n) is 11.4. The Bertz CT molecular complexity index is 469. The minimum absolute atomic E-state index is 0.0206. The number of nitrogens with zero attached hydrogens (tertiary/aromatic N) is 2. The molecule has 1 atom stereocenters. The van der Waals surface area contributed by atoms with E-state index in [9.17, 15) is 18.0 Å². The molecule has 6 nitrogen and oxygen atoms in total. The van der Waals surface area contributed by atoms with Crippen molar-refractivity contribution in [1.82, 2.24) is 20.8 Å². The van der Waals surface area contributed by atoms with E-state index in [0.717, 1.165) is 19.4 Å². The first-order valence-corrected chi connectivity index (χ1v) is 6.87. The summed E-state index contributed by atoms with van der Waals surface area (Å²) in [6.07, 6.45) is -2.88. The number of alkyl halides is 3. The van der Waals surface area contributed by atoms with Crippen LogP contribution in [0, 0.1) is 0 Å². The number of rotatable bonds is 6. The predicted molar refractivity (Wildman–Crippen MR) is 66.5 cm³/mol. The standard InChI is InChI=1S/C12H17F3N4O2/c13-12(14,15)5-1-2-6-17-10(20)9-18-11(21-19-9)8-4-3-7-16-8/h8,16H,1-7H2,(H,17,20). The second kappa shape index (κ2) is 6.88. The molecule has 1 unspecified atom stereocenters. The fourth-order valence-corrected chi connectivity index (χ4v) is 2.10. The van der Waals surface area contributed by atoms with Gasteiger partial charge >= 0.3 is 6.18 Å². The zero-order chi connectivity index (χ0) is 15.3. The molecule has 9 heteroatoms. The molecule has 0 aromatic carbocycles. The second-order valence-corrected chi connectivity index (χ2v) is 4.93. The van der Waals surface area contributed by atoms with Crippen molar-refractivity contribution in [2.24, 2.45) is 0 Å². The molecule has 21 heavy (non-hydrogen) atoms. The van der Waals surface area contributed by atoms with Crippen molar-refractivity contribution >= 4 is 5.91 Å². The molecule has 1 aromatic heterocycles. The Labute approximate surface area is 119 Å². The van der Waals surface area contributed by atoms with E-state index in [1.165, 1.54) is 0 Å². The van der Waals surface area contributed by atoms with Crippen LogP contribution in [0.1, 0.15) is 54.7 Å². The van der Waals surface area contributed by atoms with Gasteiger partial charge < -0.3 is 15.2 Å². The van der Waals surface area contributed by atoms with Gasteiger partial charge in [-0.1, -0.05) is 5.16 Å². The van der Waals surface area contributed by atoms with E-state index in [2.05, 4.69) is 20.8 Å². The van der Waals surface area contributed by atoms with Gasteiger partial charge in [0.1, 0.15) is 0 Å². The first-order chi connectivity index (χ1) is 9.96. The Kier molecular flexibility index (Phi) is 5.16. The van der Waals surface area contributed by atoms with Gasteiger partial charge in [-0.3, -0.25) is 4.79 Å². The van der Waals surface area contributed by atoms with Crippen LogP contribution in [-0.4, -0.2) is 35.3 Å². The lowest BCUT2D eigenvalue weighted by molar-refractivity contribution is -0.135. The van der Waals surface area contributed by atoms with Crippen LogP contribution in [0.15, 0.2) is 4.52 Å². The Morgan fingerprint density at radius 3 is 2.90 bits per heavy atom. The van der Waals surface area contributed by atoms with Crippen LogP contribution in [0.25, 0.3) is 0 Å². The molecule has 0 aliphatic carbocycles. The highest BCUT2D eigenvalue weighted by atomic mass is 19.4. The van der Waals surface area contributed by atoms with Crippen LogP contribution in [0.2, 0.25) is 0 Å². The molecule has 1 aromatic rings. The highest BCUT2D eigenvalue weighted by molar-refractivity contribution is 5.90. The summed E-state index contributed by atoms with van der Waals surface area (Å²) in [7, 11) is 0. The van der Waals surface area contributed by atoms with Crippen molar-refractivity contribution < 1.29 is 22.5 Å². The third-order valence-corrected chi connectivity index (χ3v) is 3.18. The zero-order valence-corrected chi connectivity index (χ0v) is 11.4. The van der Waals surface area contributed by atoms with Crippen molar-refractivity contribution in [1.29, 1.82) is 0 Å². The molecule has 2 heterocycles. The molecule has 2 rings (SSSR count). The van der Waals surface area contributed by atoms with Gasteiger partial charge in [0.05, 0.1) is 6.04 Å². The topological polar surface area (TPSA) is 80.0 Å². The van der Waals surface area contributed by atoms with Crippen LogP contribution in [0.5, 0.6) is 0 Å². The number of unbranched alkanes of at least 4 members (excludes halogenated alkanes) is 1. The minimum Gasteiger partial charge on any atom is -0.349 e. The number of aromatic nitrogens is 2. The number of carbonyl (C=O) groups is 1. The van der Waals surface area contributed by atoms with Crippen LogP contribution < -0.4 is 10.6 Å². The summed E-state index contributed by atoms with van der Waals surface area (Å²) < 4.78 is 40.8. The van der Waals surface area contributed by atoms with Crippen LogP contribution in [-0.2, 0) is 0 Å². The molecule has 0 saturated carbocycles. The van der Waals surface area contributed by atoms with Gasteiger partial charge in [0.2, 0.25) is 5.89 Å². The minimum atomic E-state index is -4.15. The fraction of sp³-hybridized carbons (Fsp3) is 0.750. The Morgan fingerprint density at radius 1 is 1.43 bits per heavy atom. The molecular formula is C12H17F3N4O2. The molecule has 1 amide bonds. The van der Waals surface area contributed by atoms with E-state index < -0.39 is 18.5 Å². The molecule has 118 valence electrons. The third-order valence-electron chi connectivity index (χ3n) is 3.18. The molecule has 1 aliphatic rings. The van der Waals surface area contributed by atoms with Gasteiger partial charge in [-0.15, -0.1) is 0 Å². The SMILES string of the molecule is O=C(NCCCCC(F)(F)F)c1noc(C2CCCN2)n1. The lowest BCUT2D eigenvalue weighted by Gasteiger charge is -2.05. The average Bonchev–Trinajstić information content (AvgIpc) is 3.07. The van der Waals surface area contributed by atoms with Gasteiger partial charge in [-0.25, -0.2) is 0 Å². The van der Waals surface area contributed by atoms with E-state index in [1.54, 1.807) is 0 Å². The Hall–Kier alpha value is -1.64. The summed E-state index contributed by atoms with van der Waals surface area (Å²) in [5, 5.41) is 9.22. The van der Waals surface area contributed by atoms with Crippen LogP contribution in [0.3, 0.4) is 0 Å². The number of halogens is 3. The van der Waals surface area contributed by atoms with Crippen molar-refractivity contribution in [2.75, 3.05) is 13.1 Å². The maximum Gasteiger partial charge on any atom is 0.389 e. The Morgan fingerprint density at radius 2 is 2.24 bits per heavy atom. The van der Waals surface area contributed by atoms with Gasteiger partial charge in [0, 0.05) is 13.0 Å². The van der Waals surface area contributed by atoms with Crippen LogP contribution >= 0.6 is 0 Å². The van der Waals surface area contributed by atoms with Crippen molar-refractivity contribution in [3.8, 4) is 0 Å². The lowest BCUT2D eigenvalue weighted by Crippen LogP contribution is -2.26. The highest BCUT2D eigenvalue weighted by Gasteiger charge is 2.26. The number of amides is 1. The normalized spacial score (nSPS) is 18.9. The summed E-state index contributed by atoms with van der Waals surface area (Å²) in [5.74, 6) is -0.251. The number of carbonyl (C=O) groups excluding carboxylic acids is 1. The summed E-state index contributed by atoms with van der Waals surface area (Å²) in [6.45, 7) is 1.02. The molecule has 1 aliphatic heterocycles. The first-order valence-electron chi connectivity index (χ1n) is 6.87. The van der Waals surface area contributed by atoms with Crippen LogP contribution in [0.4, 0.5) is 13.2 Å². The van der Waals surface area contributed by atoms with E-state index >= 15 is 0 Å². The second-order valence-electron chi connectivity index (χ2n) is 4.93. The summed E-state index contributed by atoms with van der Waals surface area (Å²) in [6, 6.07) is -0.0224. The Balaban J connectivity index is 1.71. The number of hydrogen-bond donors (Lipinski definition) is 2. The molecule has 2 N–H and O–H groups in total. The molecule has 0 radical (unpaired) electrons. The monoisotopic (exact) mass is 306 g/mol. The van der Waals surface area contributed by atoms with Crippen molar-refractivity contribution in [2.45, 2.75) is 44.3 Å². The molecular weight excluding hydrogens is 289 g/mol. The predicted octanol–water partition coefficient (Wildman–Crippen LogP) is 1.96. The maximum absolute atomic E-state index is 11.9. The smallest absolute Gasteiger partial charge is 0.349 e. The quantitative estimate of drug-likeness (QED) is 0.785. The number of hydrogen-bond acceptors (Lipinski definition) is 5.